The molecule has 1 rings (SSSR count). The number of rotatable bonds is 4. The molecule has 0 aromatic heterocycles. The predicted octanol–water partition coefficient (Wildman–Crippen LogP) is 1.32. The average Bonchev–Trinajstić information content (AvgIpc) is 2.16. The van der Waals surface area contributed by atoms with Crippen LogP contribution in [0.2, 0.25) is 0 Å². The fourth-order valence-electron chi connectivity index (χ4n) is 2.06. The number of nitrogens with two attached hydrogens (primary N) is 1. The molecule has 1 aliphatic rings. The summed E-state index contributed by atoms with van der Waals surface area (Å²) in [5.41, 5.74) is 5.73. The zero-order valence-corrected chi connectivity index (χ0v) is 11.8. The Morgan fingerprint density at radius 2 is 2.06 bits per heavy atom. The third-order valence-electron chi connectivity index (χ3n) is 3.66. The second kappa shape index (κ2) is 5.43. The molecular weight excluding hydrogens is 218 g/mol. The third kappa shape index (κ3) is 3.68. The van der Waals surface area contributed by atoms with E-state index in [9.17, 15) is 0 Å². The highest BCUT2D eigenvalue weighted by Crippen LogP contribution is 2.22. The standard InChI is InChI=1S/C12H25N3S/c1-10-9-14(4)7-8-15(10)6-5-12(2,3)11(13)16/h10H,5-9H2,1-4H3,(H2,13,16). The van der Waals surface area contributed by atoms with E-state index in [0.717, 1.165) is 32.6 Å². The molecule has 4 heteroatoms. The Kier molecular flexibility index (Phi) is 4.71. The van der Waals surface area contributed by atoms with Crippen molar-refractivity contribution in [3.05, 3.63) is 0 Å². The topological polar surface area (TPSA) is 32.5 Å². The Morgan fingerprint density at radius 3 is 2.56 bits per heavy atom. The highest BCUT2D eigenvalue weighted by Gasteiger charge is 2.26. The number of likely N-dealkylation sites (N-methyl/N-ethyl adjacent to an activating group) is 1. The van der Waals surface area contributed by atoms with Gasteiger partial charge in [-0.2, -0.15) is 0 Å². The summed E-state index contributed by atoms with van der Waals surface area (Å²) >= 11 is 5.10. The lowest BCUT2D eigenvalue weighted by atomic mass is 9.89. The lowest BCUT2D eigenvalue weighted by molar-refractivity contribution is 0.0931. The number of hydrogen-bond acceptors (Lipinski definition) is 3. The molecule has 0 aromatic carbocycles. The fourth-order valence-corrected chi connectivity index (χ4v) is 2.16. The van der Waals surface area contributed by atoms with Gasteiger partial charge in [0.1, 0.15) is 0 Å². The highest BCUT2D eigenvalue weighted by molar-refractivity contribution is 7.80. The molecule has 1 heterocycles. The van der Waals surface area contributed by atoms with Crippen molar-refractivity contribution in [2.24, 2.45) is 11.1 Å². The Labute approximate surface area is 105 Å². The summed E-state index contributed by atoms with van der Waals surface area (Å²) in [5, 5.41) is 0. The third-order valence-corrected chi connectivity index (χ3v) is 4.21. The molecule has 16 heavy (non-hydrogen) atoms. The Balaban J connectivity index is 2.41. The monoisotopic (exact) mass is 243 g/mol. The van der Waals surface area contributed by atoms with Crippen molar-refractivity contribution in [2.45, 2.75) is 33.2 Å². The van der Waals surface area contributed by atoms with Gasteiger partial charge >= 0.3 is 0 Å². The summed E-state index contributed by atoms with van der Waals surface area (Å²) in [5.74, 6) is 0. The lowest BCUT2D eigenvalue weighted by Gasteiger charge is -2.39. The number of nitrogens with zero attached hydrogens (tertiary/aromatic N) is 2. The van der Waals surface area contributed by atoms with Crippen LogP contribution in [0.1, 0.15) is 27.2 Å². The molecule has 94 valence electrons. The van der Waals surface area contributed by atoms with Crippen LogP contribution < -0.4 is 5.73 Å². The Hall–Kier alpha value is -0.190. The van der Waals surface area contributed by atoms with Crippen molar-refractivity contribution in [2.75, 3.05) is 33.2 Å². The van der Waals surface area contributed by atoms with Crippen molar-refractivity contribution in [1.29, 1.82) is 0 Å². The quantitative estimate of drug-likeness (QED) is 0.755. The lowest BCUT2D eigenvalue weighted by Crippen LogP contribution is -2.51. The van der Waals surface area contributed by atoms with Crippen LogP contribution in [0.15, 0.2) is 0 Å². The summed E-state index contributed by atoms with van der Waals surface area (Å²) in [7, 11) is 2.19. The number of hydrogen-bond donors (Lipinski definition) is 1. The van der Waals surface area contributed by atoms with Crippen LogP contribution in [0.25, 0.3) is 0 Å². The van der Waals surface area contributed by atoms with Crippen LogP contribution >= 0.6 is 12.2 Å². The molecule has 1 aliphatic heterocycles. The largest absolute Gasteiger partial charge is 0.393 e. The molecule has 2 N–H and O–H groups in total. The minimum Gasteiger partial charge on any atom is -0.393 e. The molecule has 0 amide bonds. The van der Waals surface area contributed by atoms with Crippen LogP contribution in [-0.2, 0) is 0 Å². The van der Waals surface area contributed by atoms with Gasteiger partial charge in [0.25, 0.3) is 0 Å². The first-order valence-corrected chi connectivity index (χ1v) is 6.46. The average molecular weight is 243 g/mol. The second-order valence-electron chi connectivity index (χ2n) is 5.65. The normalized spacial score (nSPS) is 24.6. The fraction of sp³-hybridized carbons (Fsp3) is 0.917. The maximum atomic E-state index is 5.75. The van der Waals surface area contributed by atoms with Gasteiger partial charge in [-0.05, 0) is 26.9 Å². The van der Waals surface area contributed by atoms with Gasteiger partial charge in [0.05, 0.1) is 4.99 Å². The number of piperazine rings is 1. The maximum absolute atomic E-state index is 5.75. The van der Waals surface area contributed by atoms with Gasteiger partial charge in [0.2, 0.25) is 0 Å². The van der Waals surface area contributed by atoms with Crippen LogP contribution in [0.5, 0.6) is 0 Å². The summed E-state index contributed by atoms with van der Waals surface area (Å²) in [6.45, 7) is 11.1. The minimum absolute atomic E-state index is 0.0155. The first-order valence-electron chi connectivity index (χ1n) is 6.05. The van der Waals surface area contributed by atoms with E-state index in [-0.39, 0.29) is 5.41 Å². The zero-order valence-electron chi connectivity index (χ0n) is 11.0. The first-order chi connectivity index (χ1) is 7.33. The zero-order chi connectivity index (χ0) is 12.3. The summed E-state index contributed by atoms with van der Waals surface area (Å²) < 4.78 is 0. The van der Waals surface area contributed by atoms with Crippen molar-refractivity contribution < 1.29 is 0 Å². The van der Waals surface area contributed by atoms with Crippen molar-refractivity contribution in [3.63, 3.8) is 0 Å². The minimum atomic E-state index is -0.0155. The Bertz CT molecular complexity index is 253. The van der Waals surface area contributed by atoms with Crippen molar-refractivity contribution in [1.82, 2.24) is 9.80 Å². The van der Waals surface area contributed by atoms with Crippen molar-refractivity contribution in [3.8, 4) is 0 Å². The number of thiocarbonyl (C=S) groups is 1. The van der Waals surface area contributed by atoms with Gasteiger partial charge in [-0.15, -0.1) is 0 Å². The molecular formula is C12H25N3S. The summed E-state index contributed by atoms with van der Waals surface area (Å²) in [4.78, 5) is 5.56. The van der Waals surface area contributed by atoms with E-state index < -0.39 is 0 Å². The molecule has 1 saturated heterocycles. The summed E-state index contributed by atoms with van der Waals surface area (Å²) in [6.07, 6.45) is 1.05. The van der Waals surface area contributed by atoms with Crippen LogP contribution in [0.3, 0.4) is 0 Å². The van der Waals surface area contributed by atoms with Gasteiger partial charge in [0.15, 0.2) is 0 Å². The molecule has 1 unspecified atom stereocenters. The molecule has 1 fully saturated rings. The SMILES string of the molecule is CC1CN(C)CCN1CCC(C)(C)C(N)=S. The maximum Gasteiger partial charge on any atom is 0.0784 e. The molecule has 0 bridgehead atoms. The van der Waals surface area contributed by atoms with Crippen LogP contribution in [0.4, 0.5) is 0 Å². The van der Waals surface area contributed by atoms with Gasteiger partial charge in [-0.3, -0.25) is 4.90 Å². The van der Waals surface area contributed by atoms with E-state index in [2.05, 4.69) is 37.6 Å². The smallest absolute Gasteiger partial charge is 0.0784 e. The van der Waals surface area contributed by atoms with Crippen LogP contribution in [-0.4, -0.2) is 54.1 Å². The van der Waals surface area contributed by atoms with Gasteiger partial charge in [0, 0.05) is 31.1 Å². The molecule has 0 aliphatic carbocycles. The molecule has 0 saturated carbocycles. The molecule has 0 radical (unpaired) electrons. The van der Waals surface area contributed by atoms with Gasteiger partial charge in [-0.25, -0.2) is 0 Å². The first kappa shape index (κ1) is 13.9. The van der Waals surface area contributed by atoms with E-state index in [1.807, 2.05) is 0 Å². The molecule has 1 atom stereocenters. The Morgan fingerprint density at radius 1 is 1.44 bits per heavy atom. The van der Waals surface area contributed by atoms with Crippen molar-refractivity contribution >= 4 is 17.2 Å². The van der Waals surface area contributed by atoms with E-state index in [1.54, 1.807) is 0 Å². The van der Waals surface area contributed by atoms with Gasteiger partial charge in [-0.1, -0.05) is 26.1 Å². The van der Waals surface area contributed by atoms with Gasteiger partial charge < -0.3 is 10.6 Å². The predicted molar refractivity (Wildman–Crippen MR) is 73.7 cm³/mol. The van der Waals surface area contributed by atoms with E-state index in [0.29, 0.717) is 11.0 Å². The van der Waals surface area contributed by atoms with E-state index in [1.165, 1.54) is 0 Å². The molecule has 0 aromatic rings. The second-order valence-corrected chi connectivity index (χ2v) is 6.09. The van der Waals surface area contributed by atoms with E-state index >= 15 is 0 Å². The molecule has 0 spiro atoms. The van der Waals surface area contributed by atoms with Crippen LogP contribution in [0, 0.1) is 5.41 Å². The highest BCUT2D eigenvalue weighted by atomic mass is 32.1. The summed E-state index contributed by atoms with van der Waals surface area (Å²) in [6, 6.07) is 0.640. The van der Waals surface area contributed by atoms with E-state index in [4.69, 9.17) is 18.0 Å². The molecule has 3 nitrogen and oxygen atoms in total.